The fraction of sp³-hybridized carbons (Fsp3) is 0.375. The molecule has 1 N–H and O–H groups in total. The van der Waals surface area contributed by atoms with Crippen LogP contribution in [0.5, 0.6) is 17.2 Å². The number of amides is 1. The molecule has 0 aliphatic carbocycles. The molecule has 1 heterocycles. The van der Waals surface area contributed by atoms with Gasteiger partial charge in [0.15, 0.2) is 16.6 Å². The summed E-state index contributed by atoms with van der Waals surface area (Å²) in [5, 5.41) is 13.2. The topological polar surface area (TPSA) is 113 Å². The van der Waals surface area contributed by atoms with Crippen molar-refractivity contribution >= 4 is 27.4 Å². The summed E-state index contributed by atoms with van der Waals surface area (Å²) in [5.74, 6) is 0.711. The molecule has 1 amide bonds. The number of nitrogens with zero attached hydrogens (tertiary/aromatic N) is 2. The molecule has 0 spiro atoms. The maximum absolute atomic E-state index is 12.5. The van der Waals surface area contributed by atoms with Crippen LogP contribution in [0.1, 0.15) is 31.1 Å². The van der Waals surface area contributed by atoms with Crippen molar-refractivity contribution in [2.75, 3.05) is 25.1 Å². The minimum Gasteiger partial charge on any atom is -0.490 e. The maximum Gasteiger partial charge on any atom is 0.345 e. The average molecular weight is 381 g/mol. The lowest BCUT2D eigenvalue weighted by atomic mass is 10.1. The molecule has 0 saturated carbocycles. The standard InChI is InChI=1S/C16H19N3O6S/c1-4-23-11-7-10(8-12(24-5-2)14(11)25-6-3)15(20)18-16-17-9-13(26-16)19(21)22/h7-9H,4-6H2,1-3H3,(H,17,18,20). The number of hydrogen-bond donors (Lipinski definition) is 1. The third kappa shape index (κ3) is 4.60. The van der Waals surface area contributed by atoms with Gasteiger partial charge in [-0.3, -0.25) is 20.2 Å². The first-order valence-electron chi connectivity index (χ1n) is 7.98. The highest BCUT2D eigenvalue weighted by Gasteiger charge is 2.20. The molecule has 1 aromatic heterocycles. The Hall–Kier alpha value is -2.88. The highest BCUT2D eigenvalue weighted by Crippen LogP contribution is 2.39. The first-order chi connectivity index (χ1) is 12.5. The molecule has 1 aromatic carbocycles. The van der Waals surface area contributed by atoms with Crippen molar-refractivity contribution in [3.63, 3.8) is 0 Å². The van der Waals surface area contributed by atoms with E-state index in [9.17, 15) is 14.9 Å². The van der Waals surface area contributed by atoms with Crippen LogP contribution in [0.2, 0.25) is 0 Å². The van der Waals surface area contributed by atoms with Crippen molar-refractivity contribution in [3.8, 4) is 17.2 Å². The van der Waals surface area contributed by atoms with Gasteiger partial charge in [0.25, 0.3) is 5.91 Å². The summed E-state index contributed by atoms with van der Waals surface area (Å²) in [4.78, 5) is 26.5. The number of anilines is 1. The van der Waals surface area contributed by atoms with E-state index < -0.39 is 10.8 Å². The van der Waals surface area contributed by atoms with Gasteiger partial charge < -0.3 is 14.2 Å². The molecule has 9 nitrogen and oxygen atoms in total. The van der Waals surface area contributed by atoms with Crippen LogP contribution >= 0.6 is 11.3 Å². The Morgan fingerprint density at radius 1 is 1.15 bits per heavy atom. The molecule has 0 atom stereocenters. The van der Waals surface area contributed by atoms with Crippen LogP contribution in [0, 0.1) is 10.1 Å². The number of benzene rings is 1. The zero-order valence-electron chi connectivity index (χ0n) is 14.6. The Morgan fingerprint density at radius 3 is 2.19 bits per heavy atom. The summed E-state index contributed by atoms with van der Waals surface area (Å²) in [7, 11) is 0. The molecule has 0 aliphatic rings. The largest absolute Gasteiger partial charge is 0.490 e. The zero-order valence-corrected chi connectivity index (χ0v) is 15.4. The minimum atomic E-state index is -0.565. The summed E-state index contributed by atoms with van der Waals surface area (Å²) in [5.41, 5.74) is 0.262. The van der Waals surface area contributed by atoms with Gasteiger partial charge in [0.1, 0.15) is 6.20 Å². The molecule has 2 aromatic rings. The molecule has 0 bridgehead atoms. The van der Waals surface area contributed by atoms with Crippen LogP contribution in [0.3, 0.4) is 0 Å². The Labute approximate surface area is 154 Å². The van der Waals surface area contributed by atoms with Gasteiger partial charge in [-0.25, -0.2) is 4.98 Å². The van der Waals surface area contributed by atoms with Gasteiger partial charge in [-0.05, 0) is 44.2 Å². The summed E-state index contributed by atoms with van der Waals surface area (Å²) >= 11 is 0.775. The number of rotatable bonds is 9. The van der Waals surface area contributed by atoms with E-state index >= 15 is 0 Å². The third-order valence-corrected chi connectivity index (χ3v) is 3.93. The van der Waals surface area contributed by atoms with Gasteiger partial charge in [0.2, 0.25) is 5.75 Å². The molecular formula is C16H19N3O6S. The normalized spacial score (nSPS) is 10.3. The molecule has 0 saturated heterocycles. The smallest absolute Gasteiger partial charge is 0.345 e. The van der Waals surface area contributed by atoms with E-state index in [1.807, 2.05) is 20.8 Å². The second-order valence-corrected chi connectivity index (χ2v) is 5.82. The number of aromatic nitrogens is 1. The van der Waals surface area contributed by atoms with Gasteiger partial charge in [0.05, 0.1) is 24.7 Å². The van der Waals surface area contributed by atoms with E-state index in [-0.39, 0.29) is 15.7 Å². The highest BCUT2D eigenvalue weighted by atomic mass is 32.1. The van der Waals surface area contributed by atoms with Crippen molar-refractivity contribution < 1.29 is 23.9 Å². The summed E-state index contributed by atoms with van der Waals surface area (Å²) < 4.78 is 16.7. The molecule has 2 rings (SSSR count). The molecule has 10 heteroatoms. The van der Waals surface area contributed by atoms with Gasteiger partial charge in [-0.15, -0.1) is 0 Å². The van der Waals surface area contributed by atoms with E-state index in [0.29, 0.717) is 37.1 Å². The van der Waals surface area contributed by atoms with Crippen molar-refractivity contribution in [1.29, 1.82) is 0 Å². The molecular weight excluding hydrogens is 362 g/mol. The second kappa shape index (κ2) is 8.99. The Kier molecular flexibility index (Phi) is 6.73. The van der Waals surface area contributed by atoms with E-state index in [1.54, 1.807) is 0 Å². The quantitative estimate of drug-likeness (QED) is 0.522. The van der Waals surface area contributed by atoms with Gasteiger partial charge in [0, 0.05) is 5.56 Å². The average Bonchev–Trinajstić information content (AvgIpc) is 3.06. The predicted octanol–water partition coefficient (Wildman–Crippen LogP) is 3.50. The maximum atomic E-state index is 12.5. The van der Waals surface area contributed by atoms with Gasteiger partial charge in [-0.2, -0.15) is 0 Å². The van der Waals surface area contributed by atoms with Crippen LogP contribution < -0.4 is 19.5 Å². The predicted molar refractivity (Wildman–Crippen MR) is 96.7 cm³/mol. The lowest BCUT2D eigenvalue weighted by Gasteiger charge is -2.16. The molecule has 140 valence electrons. The first kappa shape index (κ1) is 19.4. The van der Waals surface area contributed by atoms with Crippen molar-refractivity contribution in [1.82, 2.24) is 4.98 Å². The number of carbonyl (C=O) groups is 1. The van der Waals surface area contributed by atoms with E-state index in [2.05, 4.69) is 10.3 Å². The fourth-order valence-electron chi connectivity index (χ4n) is 2.10. The fourth-order valence-corrected chi connectivity index (χ4v) is 2.72. The molecule has 0 aliphatic heterocycles. The number of ether oxygens (including phenoxy) is 3. The first-order valence-corrected chi connectivity index (χ1v) is 8.79. The van der Waals surface area contributed by atoms with Crippen molar-refractivity contribution in [3.05, 3.63) is 34.0 Å². The van der Waals surface area contributed by atoms with Crippen LogP contribution in [0.25, 0.3) is 0 Å². The Bertz CT molecular complexity index is 765. The van der Waals surface area contributed by atoms with E-state index in [0.717, 1.165) is 17.5 Å². The monoisotopic (exact) mass is 381 g/mol. The summed E-state index contributed by atoms with van der Waals surface area (Å²) in [6.07, 6.45) is 1.09. The Balaban J connectivity index is 2.33. The number of hydrogen-bond acceptors (Lipinski definition) is 8. The summed E-state index contributed by atoms with van der Waals surface area (Å²) in [6, 6.07) is 3.07. The van der Waals surface area contributed by atoms with Crippen LogP contribution in [0.4, 0.5) is 10.1 Å². The van der Waals surface area contributed by atoms with E-state index in [1.165, 1.54) is 12.1 Å². The number of carbonyl (C=O) groups excluding carboxylic acids is 1. The second-order valence-electron chi connectivity index (χ2n) is 4.82. The summed E-state index contributed by atoms with van der Waals surface area (Å²) in [6.45, 7) is 6.65. The van der Waals surface area contributed by atoms with Crippen LogP contribution in [-0.2, 0) is 0 Å². The number of thiazole rings is 1. The Morgan fingerprint density at radius 2 is 1.73 bits per heavy atom. The lowest BCUT2D eigenvalue weighted by molar-refractivity contribution is -0.380. The van der Waals surface area contributed by atoms with Crippen molar-refractivity contribution in [2.45, 2.75) is 20.8 Å². The number of nitro groups is 1. The zero-order chi connectivity index (χ0) is 19.1. The van der Waals surface area contributed by atoms with E-state index in [4.69, 9.17) is 14.2 Å². The van der Waals surface area contributed by atoms with Crippen molar-refractivity contribution in [2.24, 2.45) is 0 Å². The van der Waals surface area contributed by atoms with Crippen LogP contribution in [-0.4, -0.2) is 35.6 Å². The molecule has 26 heavy (non-hydrogen) atoms. The molecule has 0 unspecified atom stereocenters. The SMILES string of the molecule is CCOc1cc(C(=O)Nc2ncc([N+](=O)[O-])s2)cc(OCC)c1OCC. The number of nitrogens with one attached hydrogen (secondary N) is 1. The minimum absolute atomic E-state index is 0.131. The van der Waals surface area contributed by atoms with Gasteiger partial charge >= 0.3 is 5.00 Å². The highest BCUT2D eigenvalue weighted by molar-refractivity contribution is 7.18. The lowest BCUT2D eigenvalue weighted by Crippen LogP contribution is -2.13. The van der Waals surface area contributed by atoms with Crippen LogP contribution in [0.15, 0.2) is 18.3 Å². The third-order valence-electron chi connectivity index (χ3n) is 3.07. The van der Waals surface area contributed by atoms with Gasteiger partial charge in [-0.1, -0.05) is 0 Å². The molecule has 0 radical (unpaired) electrons. The molecule has 0 fully saturated rings.